The van der Waals surface area contributed by atoms with E-state index in [4.69, 9.17) is 5.73 Å². The molecule has 92 valence electrons. The molecule has 2 unspecified atom stereocenters. The van der Waals surface area contributed by atoms with E-state index in [9.17, 15) is 9.90 Å². The van der Waals surface area contributed by atoms with Crippen LogP contribution in [0.2, 0.25) is 0 Å². The van der Waals surface area contributed by atoms with E-state index in [0.717, 1.165) is 12.0 Å². The van der Waals surface area contributed by atoms with Gasteiger partial charge in [-0.15, -0.1) is 0 Å². The Labute approximate surface area is 101 Å². The lowest BCUT2D eigenvalue weighted by Gasteiger charge is -2.23. The molecule has 1 aromatic rings. The molecule has 1 aliphatic rings. The predicted molar refractivity (Wildman–Crippen MR) is 65.1 cm³/mol. The van der Waals surface area contributed by atoms with Gasteiger partial charge in [-0.1, -0.05) is 30.3 Å². The molecular weight excluding hydrogens is 216 g/mol. The fourth-order valence-electron chi connectivity index (χ4n) is 2.12. The number of nitrogens with zero attached hydrogens (tertiary/aromatic N) is 1. The molecular formula is C13H18N2O2. The fraction of sp³-hybridized carbons (Fsp3) is 0.462. The third kappa shape index (κ3) is 2.84. The van der Waals surface area contributed by atoms with Crippen LogP contribution in [0.15, 0.2) is 30.3 Å². The van der Waals surface area contributed by atoms with Crippen molar-refractivity contribution in [2.24, 2.45) is 5.73 Å². The number of likely N-dealkylation sites (tertiary alicyclic amines) is 1. The monoisotopic (exact) mass is 234 g/mol. The first-order valence-corrected chi connectivity index (χ1v) is 5.95. The van der Waals surface area contributed by atoms with E-state index in [-0.39, 0.29) is 5.91 Å². The molecule has 1 heterocycles. The minimum Gasteiger partial charge on any atom is -0.391 e. The van der Waals surface area contributed by atoms with Gasteiger partial charge in [0.2, 0.25) is 5.91 Å². The normalized spacial score (nSPS) is 25.8. The van der Waals surface area contributed by atoms with Crippen molar-refractivity contribution in [3.05, 3.63) is 35.9 Å². The van der Waals surface area contributed by atoms with Gasteiger partial charge in [0.15, 0.2) is 0 Å². The Morgan fingerprint density at radius 1 is 1.35 bits per heavy atom. The molecule has 0 saturated carbocycles. The van der Waals surface area contributed by atoms with Gasteiger partial charge in [0.05, 0.1) is 6.10 Å². The molecule has 1 aromatic carbocycles. The van der Waals surface area contributed by atoms with E-state index in [1.807, 2.05) is 30.3 Å². The molecule has 1 saturated heterocycles. The second-order valence-electron chi connectivity index (χ2n) is 4.48. The summed E-state index contributed by atoms with van der Waals surface area (Å²) < 4.78 is 0. The molecule has 1 aliphatic heterocycles. The highest BCUT2D eigenvalue weighted by molar-refractivity contribution is 5.82. The molecule has 0 spiro atoms. The second kappa shape index (κ2) is 5.29. The number of benzene rings is 1. The van der Waals surface area contributed by atoms with E-state index in [1.54, 1.807) is 4.90 Å². The summed E-state index contributed by atoms with van der Waals surface area (Å²) in [5.74, 6) is -0.154. The lowest BCUT2D eigenvalue weighted by Crippen LogP contribution is -2.47. The minimum absolute atomic E-state index is 0.154. The first kappa shape index (κ1) is 12.1. The van der Waals surface area contributed by atoms with Crippen LogP contribution in [0.25, 0.3) is 0 Å². The molecule has 4 nitrogen and oxygen atoms in total. The zero-order valence-corrected chi connectivity index (χ0v) is 9.75. The van der Waals surface area contributed by atoms with Gasteiger partial charge >= 0.3 is 0 Å². The number of nitrogens with two attached hydrogens (primary N) is 1. The van der Waals surface area contributed by atoms with Crippen molar-refractivity contribution >= 4 is 5.91 Å². The fourth-order valence-corrected chi connectivity index (χ4v) is 2.12. The van der Waals surface area contributed by atoms with Crippen molar-refractivity contribution in [1.82, 2.24) is 4.90 Å². The van der Waals surface area contributed by atoms with Crippen LogP contribution in [0.4, 0.5) is 0 Å². The van der Waals surface area contributed by atoms with Gasteiger partial charge in [0.25, 0.3) is 0 Å². The summed E-state index contributed by atoms with van der Waals surface area (Å²) >= 11 is 0. The first-order chi connectivity index (χ1) is 8.18. The molecule has 3 N–H and O–H groups in total. The van der Waals surface area contributed by atoms with Gasteiger partial charge < -0.3 is 15.7 Å². The van der Waals surface area contributed by atoms with E-state index in [1.165, 1.54) is 0 Å². The van der Waals surface area contributed by atoms with Crippen molar-refractivity contribution in [3.63, 3.8) is 0 Å². The highest BCUT2D eigenvalue weighted by atomic mass is 16.3. The van der Waals surface area contributed by atoms with Gasteiger partial charge in [-0.2, -0.15) is 0 Å². The van der Waals surface area contributed by atoms with Crippen molar-refractivity contribution < 1.29 is 9.90 Å². The smallest absolute Gasteiger partial charge is 0.242 e. The number of hydrogen-bond donors (Lipinski definition) is 2. The van der Waals surface area contributed by atoms with E-state index in [0.29, 0.717) is 19.5 Å². The molecule has 0 aromatic heterocycles. The number of amides is 1. The van der Waals surface area contributed by atoms with E-state index >= 15 is 0 Å². The van der Waals surface area contributed by atoms with Crippen LogP contribution in [0.1, 0.15) is 18.4 Å². The zero-order chi connectivity index (χ0) is 12.3. The Bertz CT molecular complexity index is 380. The maximum atomic E-state index is 12.0. The maximum absolute atomic E-state index is 12.0. The van der Waals surface area contributed by atoms with E-state index in [2.05, 4.69) is 0 Å². The van der Waals surface area contributed by atoms with Gasteiger partial charge in [-0.05, 0) is 18.4 Å². The predicted octanol–water partition coefficient (Wildman–Crippen LogP) is 0.497. The molecule has 1 amide bonds. The third-order valence-corrected chi connectivity index (χ3v) is 3.16. The molecule has 0 aliphatic carbocycles. The standard InChI is InChI=1S/C13H18N2O2/c14-12-11(16)7-4-8-15(13(12)17)9-10-5-2-1-3-6-10/h1-3,5-6,11-12,16H,4,7-9,14H2. The van der Waals surface area contributed by atoms with E-state index < -0.39 is 12.1 Å². The lowest BCUT2D eigenvalue weighted by molar-refractivity contribution is -0.134. The lowest BCUT2D eigenvalue weighted by atomic mass is 10.1. The number of hydrogen-bond acceptors (Lipinski definition) is 3. The quantitative estimate of drug-likeness (QED) is 0.783. The molecule has 0 bridgehead atoms. The Morgan fingerprint density at radius 3 is 2.76 bits per heavy atom. The van der Waals surface area contributed by atoms with Crippen LogP contribution in [-0.4, -0.2) is 34.6 Å². The van der Waals surface area contributed by atoms with Crippen LogP contribution in [0, 0.1) is 0 Å². The average molecular weight is 234 g/mol. The van der Waals surface area contributed by atoms with Crippen LogP contribution in [0.5, 0.6) is 0 Å². The Morgan fingerprint density at radius 2 is 2.06 bits per heavy atom. The van der Waals surface area contributed by atoms with Crippen LogP contribution in [0.3, 0.4) is 0 Å². The Hall–Kier alpha value is -1.39. The SMILES string of the molecule is NC1C(=O)N(Cc2ccccc2)CCCC1O. The number of carbonyl (C=O) groups excluding carboxylic acids is 1. The van der Waals surface area contributed by atoms with Crippen molar-refractivity contribution in [3.8, 4) is 0 Å². The van der Waals surface area contributed by atoms with Gasteiger partial charge in [-0.25, -0.2) is 0 Å². The summed E-state index contributed by atoms with van der Waals surface area (Å²) in [4.78, 5) is 13.7. The van der Waals surface area contributed by atoms with Crippen LogP contribution in [-0.2, 0) is 11.3 Å². The highest BCUT2D eigenvalue weighted by Crippen LogP contribution is 2.14. The molecule has 2 rings (SSSR count). The van der Waals surface area contributed by atoms with Gasteiger partial charge in [-0.3, -0.25) is 4.79 Å². The van der Waals surface area contributed by atoms with Crippen molar-refractivity contribution in [1.29, 1.82) is 0 Å². The van der Waals surface area contributed by atoms with Crippen LogP contribution >= 0.6 is 0 Å². The number of aliphatic hydroxyl groups excluding tert-OH is 1. The zero-order valence-electron chi connectivity index (χ0n) is 9.75. The summed E-state index contributed by atoms with van der Waals surface area (Å²) in [6, 6.07) is 9.05. The molecule has 1 fully saturated rings. The number of rotatable bonds is 2. The summed E-state index contributed by atoms with van der Waals surface area (Å²) in [5.41, 5.74) is 6.81. The van der Waals surface area contributed by atoms with Crippen molar-refractivity contribution in [2.45, 2.75) is 31.5 Å². The number of carbonyl (C=O) groups is 1. The second-order valence-corrected chi connectivity index (χ2v) is 4.48. The average Bonchev–Trinajstić information content (AvgIpc) is 2.46. The number of aliphatic hydroxyl groups is 1. The molecule has 0 radical (unpaired) electrons. The molecule has 17 heavy (non-hydrogen) atoms. The highest BCUT2D eigenvalue weighted by Gasteiger charge is 2.30. The van der Waals surface area contributed by atoms with Crippen LogP contribution < -0.4 is 5.73 Å². The molecule has 4 heteroatoms. The summed E-state index contributed by atoms with van der Waals surface area (Å²) in [5, 5.41) is 9.64. The Balaban J connectivity index is 2.07. The topological polar surface area (TPSA) is 66.6 Å². The Kier molecular flexibility index (Phi) is 3.76. The summed E-state index contributed by atoms with van der Waals surface area (Å²) in [7, 11) is 0. The molecule has 2 atom stereocenters. The van der Waals surface area contributed by atoms with Crippen molar-refractivity contribution in [2.75, 3.05) is 6.54 Å². The minimum atomic E-state index is -0.777. The third-order valence-electron chi connectivity index (χ3n) is 3.16. The van der Waals surface area contributed by atoms with Gasteiger partial charge in [0.1, 0.15) is 6.04 Å². The summed E-state index contributed by atoms with van der Waals surface area (Å²) in [6.07, 6.45) is 0.689. The first-order valence-electron chi connectivity index (χ1n) is 5.95. The van der Waals surface area contributed by atoms with Gasteiger partial charge in [0, 0.05) is 13.1 Å². The maximum Gasteiger partial charge on any atom is 0.242 e. The largest absolute Gasteiger partial charge is 0.391 e. The summed E-state index contributed by atoms with van der Waals surface area (Å²) in [6.45, 7) is 1.23.